The highest BCUT2D eigenvalue weighted by molar-refractivity contribution is 6.31. The minimum absolute atomic E-state index is 0.243. The van der Waals surface area contributed by atoms with E-state index in [0.29, 0.717) is 29.1 Å². The number of hydrogen-bond acceptors (Lipinski definition) is 5. The summed E-state index contributed by atoms with van der Waals surface area (Å²) in [7, 11) is 1.61. The first-order valence-electron chi connectivity index (χ1n) is 9.92. The van der Waals surface area contributed by atoms with Gasteiger partial charge in [0.2, 0.25) is 0 Å². The third-order valence-electron chi connectivity index (χ3n) is 5.46. The SMILES string of the molecule is COc1ccccc1OCC(O)CN1CCC(n2cnc3cc(Cl)ccc32)CC1. The van der Waals surface area contributed by atoms with Crippen molar-refractivity contribution in [3.63, 3.8) is 0 Å². The van der Waals surface area contributed by atoms with Crippen molar-refractivity contribution in [2.24, 2.45) is 0 Å². The van der Waals surface area contributed by atoms with Crippen molar-refractivity contribution in [2.45, 2.75) is 25.0 Å². The van der Waals surface area contributed by atoms with Crippen LogP contribution in [0.15, 0.2) is 48.8 Å². The number of benzene rings is 2. The number of β-amino-alcohol motifs (C(OH)–C–C–N with tert-alkyl or cyclic N) is 1. The van der Waals surface area contributed by atoms with Crippen LogP contribution < -0.4 is 9.47 Å². The normalized spacial score (nSPS) is 16.8. The number of piperidine rings is 1. The number of hydrogen-bond donors (Lipinski definition) is 1. The van der Waals surface area contributed by atoms with E-state index in [9.17, 15) is 5.11 Å². The minimum Gasteiger partial charge on any atom is -0.493 e. The number of aliphatic hydroxyl groups is 1. The fraction of sp³-hybridized carbons (Fsp3) is 0.409. The Morgan fingerprint density at radius 1 is 1.17 bits per heavy atom. The van der Waals surface area contributed by atoms with Crippen molar-refractivity contribution in [3.05, 3.63) is 53.8 Å². The smallest absolute Gasteiger partial charge is 0.161 e. The number of imidazole rings is 1. The molecule has 1 atom stereocenters. The van der Waals surface area contributed by atoms with E-state index in [1.165, 1.54) is 0 Å². The first-order valence-corrected chi connectivity index (χ1v) is 10.3. The van der Waals surface area contributed by atoms with Crippen molar-refractivity contribution >= 4 is 22.6 Å². The summed E-state index contributed by atoms with van der Waals surface area (Å²) >= 11 is 6.07. The molecule has 1 aliphatic rings. The van der Waals surface area contributed by atoms with Crippen LogP contribution in [0, 0.1) is 0 Å². The number of halogens is 1. The molecule has 0 bridgehead atoms. The highest BCUT2D eigenvalue weighted by Crippen LogP contribution is 2.28. The van der Waals surface area contributed by atoms with Crippen molar-refractivity contribution in [1.82, 2.24) is 14.5 Å². The molecule has 3 aromatic rings. The molecule has 6 nitrogen and oxygen atoms in total. The molecule has 1 saturated heterocycles. The molecule has 0 spiro atoms. The number of methoxy groups -OCH3 is 1. The fourth-order valence-corrected chi connectivity index (χ4v) is 4.12. The van der Waals surface area contributed by atoms with Gasteiger partial charge in [-0.3, -0.25) is 0 Å². The molecule has 0 saturated carbocycles. The van der Waals surface area contributed by atoms with Crippen LogP contribution in [0.1, 0.15) is 18.9 Å². The predicted octanol–water partition coefficient (Wildman–Crippen LogP) is 3.78. The monoisotopic (exact) mass is 415 g/mol. The molecule has 2 aromatic carbocycles. The van der Waals surface area contributed by atoms with E-state index in [4.69, 9.17) is 21.1 Å². The minimum atomic E-state index is -0.548. The molecule has 0 amide bonds. The van der Waals surface area contributed by atoms with Gasteiger partial charge in [0.15, 0.2) is 11.5 Å². The number of likely N-dealkylation sites (tertiary alicyclic amines) is 1. The average molecular weight is 416 g/mol. The zero-order valence-corrected chi connectivity index (χ0v) is 17.3. The summed E-state index contributed by atoms with van der Waals surface area (Å²) in [6.45, 7) is 2.71. The van der Waals surface area contributed by atoms with Gasteiger partial charge >= 0.3 is 0 Å². The lowest BCUT2D eigenvalue weighted by Gasteiger charge is -2.33. The maximum absolute atomic E-state index is 10.4. The first-order chi connectivity index (χ1) is 14.1. The molecule has 154 valence electrons. The Morgan fingerprint density at radius 2 is 1.93 bits per heavy atom. The molecule has 0 aliphatic carbocycles. The number of para-hydroxylation sites is 2. The van der Waals surface area contributed by atoms with Crippen LogP contribution in [-0.4, -0.2) is 59.0 Å². The number of ether oxygens (including phenoxy) is 2. The molecule has 1 aromatic heterocycles. The van der Waals surface area contributed by atoms with Gasteiger partial charge in [0, 0.05) is 30.7 Å². The van der Waals surface area contributed by atoms with Crippen molar-refractivity contribution in [3.8, 4) is 11.5 Å². The van der Waals surface area contributed by atoms with Gasteiger partial charge in [0.05, 0.1) is 24.5 Å². The molecular formula is C22H26ClN3O3. The topological polar surface area (TPSA) is 59.8 Å². The highest BCUT2D eigenvalue weighted by atomic mass is 35.5. The Kier molecular flexibility index (Phi) is 6.23. The molecule has 1 aliphatic heterocycles. The van der Waals surface area contributed by atoms with Crippen LogP contribution in [0.2, 0.25) is 5.02 Å². The largest absolute Gasteiger partial charge is 0.493 e. The van der Waals surface area contributed by atoms with Crippen LogP contribution in [0.3, 0.4) is 0 Å². The summed E-state index contributed by atoms with van der Waals surface area (Å²) in [5, 5.41) is 11.1. The highest BCUT2D eigenvalue weighted by Gasteiger charge is 2.23. The van der Waals surface area contributed by atoms with Crippen LogP contribution >= 0.6 is 11.6 Å². The van der Waals surface area contributed by atoms with Gasteiger partial charge in [-0.15, -0.1) is 0 Å². The first kappa shape index (κ1) is 20.0. The third-order valence-corrected chi connectivity index (χ3v) is 5.69. The van der Waals surface area contributed by atoms with E-state index < -0.39 is 6.10 Å². The molecule has 29 heavy (non-hydrogen) atoms. The third kappa shape index (κ3) is 4.66. The zero-order chi connectivity index (χ0) is 20.2. The molecule has 4 rings (SSSR count). The summed E-state index contributed by atoms with van der Waals surface area (Å²) in [5.41, 5.74) is 2.06. The number of nitrogens with zero attached hydrogens (tertiary/aromatic N) is 3. The van der Waals surface area contributed by atoms with Gasteiger partial charge in [-0.2, -0.15) is 0 Å². The fourth-order valence-electron chi connectivity index (χ4n) is 3.95. The summed E-state index contributed by atoms with van der Waals surface area (Å²) in [6, 6.07) is 13.7. The molecule has 1 N–H and O–H groups in total. The van der Waals surface area contributed by atoms with E-state index in [-0.39, 0.29) is 6.61 Å². The van der Waals surface area contributed by atoms with Gasteiger partial charge in [-0.1, -0.05) is 23.7 Å². The van der Waals surface area contributed by atoms with Crippen LogP contribution in [0.5, 0.6) is 11.5 Å². The van der Waals surface area contributed by atoms with Gasteiger partial charge in [-0.05, 0) is 43.2 Å². The lowest BCUT2D eigenvalue weighted by molar-refractivity contribution is 0.0553. The Bertz CT molecular complexity index is 953. The van der Waals surface area contributed by atoms with Gasteiger partial charge in [0.25, 0.3) is 0 Å². The number of fused-ring (bicyclic) bond motifs is 1. The second-order valence-corrected chi connectivity index (χ2v) is 7.87. The maximum Gasteiger partial charge on any atom is 0.161 e. The standard InChI is InChI=1S/C22H26ClN3O3/c1-28-21-4-2-3-5-22(21)29-14-18(27)13-25-10-8-17(9-11-25)26-15-24-19-12-16(23)6-7-20(19)26/h2-7,12,15,17-18,27H,8-11,13-14H2,1H3. The van der Waals surface area contributed by atoms with Crippen LogP contribution in [-0.2, 0) is 0 Å². The van der Waals surface area contributed by atoms with E-state index >= 15 is 0 Å². The molecule has 1 unspecified atom stereocenters. The van der Waals surface area contributed by atoms with Gasteiger partial charge < -0.3 is 24.0 Å². The summed E-state index contributed by atoms with van der Waals surface area (Å²) in [6.07, 6.45) is 3.41. The average Bonchev–Trinajstić information content (AvgIpc) is 3.16. The summed E-state index contributed by atoms with van der Waals surface area (Å²) in [4.78, 5) is 6.78. The zero-order valence-electron chi connectivity index (χ0n) is 16.5. The van der Waals surface area contributed by atoms with Crippen molar-refractivity contribution < 1.29 is 14.6 Å². The summed E-state index contributed by atoms with van der Waals surface area (Å²) in [5.74, 6) is 1.33. The Balaban J connectivity index is 1.28. The van der Waals surface area contributed by atoms with E-state index in [0.717, 1.165) is 37.0 Å². The van der Waals surface area contributed by atoms with E-state index in [2.05, 4.69) is 14.5 Å². The molecule has 2 heterocycles. The number of rotatable bonds is 7. The Morgan fingerprint density at radius 3 is 2.69 bits per heavy atom. The van der Waals surface area contributed by atoms with Crippen LogP contribution in [0.25, 0.3) is 11.0 Å². The quantitative estimate of drug-likeness (QED) is 0.636. The molecule has 1 fully saturated rings. The van der Waals surface area contributed by atoms with Crippen LogP contribution in [0.4, 0.5) is 0 Å². The second-order valence-electron chi connectivity index (χ2n) is 7.43. The maximum atomic E-state index is 10.4. The number of aliphatic hydroxyl groups excluding tert-OH is 1. The Labute approximate surface area is 175 Å². The van der Waals surface area contributed by atoms with Crippen molar-refractivity contribution in [2.75, 3.05) is 33.4 Å². The molecule has 7 heteroatoms. The second kappa shape index (κ2) is 9.03. The number of aromatic nitrogens is 2. The molecular weight excluding hydrogens is 390 g/mol. The van der Waals surface area contributed by atoms with Gasteiger partial charge in [-0.25, -0.2) is 4.98 Å². The van der Waals surface area contributed by atoms with E-state index in [1.807, 2.05) is 48.8 Å². The lowest BCUT2D eigenvalue weighted by Crippen LogP contribution is -2.41. The Hall–Kier alpha value is -2.28. The lowest BCUT2D eigenvalue weighted by atomic mass is 10.0. The van der Waals surface area contributed by atoms with Gasteiger partial charge in [0.1, 0.15) is 12.7 Å². The van der Waals surface area contributed by atoms with Crippen molar-refractivity contribution in [1.29, 1.82) is 0 Å². The molecule has 0 radical (unpaired) electrons. The van der Waals surface area contributed by atoms with E-state index in [1.54, 1.807) is 7.11 Å². The summed E-state index contributed by atoms with van der Waals surface area (Å²) < 4.78 is 13.3. The predicted molar refractivity (Wildman–Crippen MR) is 114 cm³/mol.